The quantitative estimate of drug-likeness (QED) is 0.882. The monoisotopic (exact) mass is 246 g/mol. The molecule has 0 spiro atoms. The van der Waals surface area contributed by atoms with Crippen LogP contribution in [0.5, 0.6) is 0 Å². The number of nitrogens with one attached hydrogen (secondary N) is 1. The van der Waals surface area contributed by atoms with E-state index in [1.807, 2.05) is 0 Å². The first-order chi connectivity index (χ1) is 8.51. The minimum atomic E-state index is 0.0860. The van der Waals surface area contributed by atoms with E-state index in [9.17, 15) is 0 Å². The number of hydrogen-bond donors (Lipinski definition) is 1. The Bertz CT molecular complexity index is 374. The van der Waals surface area contributed by atoms with E-state index in [0.29, 0.717) is 6.04 Å². The van der Waals surface area contributed by atoms with Crippen molar-refractivity contribution >= 4 is 0 Å². The molecular weight excluding hydrogens is 220 g/mol. The van der Waals surface area contributed by atoms with Gasteiger partial charge in [0.15, 0.2) is 0 Å². The second-order valence-corrected chi connectivity index (χ2v) is 6.25. The average Bonchev–Trinajstić information content (AvgIpc) is 2.35. The highest BCUT2D eigenvalue weighted by molar-refractivity contribution is 5.25. The van der Waals surface area contributed by atoms with Crippen molar-refractivity contribution in [3.63, 3.8) is 0 Å². The molecule has 1 saturated heterocycles. The van der Waals surface area contributed by atoms with Gasteiger partial charge in [-0.2, -0.15) is 0 Å². The lowest BCUT2D eigenvalue weighted by Crippen LogP contribution is -2.60. The van der Waals surface area contributed by atoms with E-state index in [1.54, 1.807) is 0 Å². The molecule has 0 aromatic heterocycles. The molecule has 2 unspecified atom stereocenters. The molecule has 100 valence electrons. The first-order valence-corrected chi connectivity index (χ1v) is 7.06. The van der Waals surface area contributed by atoms with Crippen LogP contribution in [-0.4, -0.2) is 30.6 Å². The van der Waals surface area contributed by atoms with Gasteiger partial charge in [-0.3, -0.25) is 4.90 Å². The van der Waals surface area contributed by atoms with Gasteiger partial charge < -0.3 is 5.32 Å². The van der Waals surface area contributed by atoms with Crippen molar-refractivity contribution in [2.45, 2.75) is 39.3 Å². The van der Waals surface area contributed by atoms with Gasteiger partial charge in [0.1, 0.15) is 0 Å². The predicted octanol–water partition coefficient (Wildman–Crippen LogP) is 2.85. The third kappa shape index (κ3) is 2.93. The number of hydrogen-bond acceptors (Lipinski definition) is 2. The molecule has 2 nitrogen and oxygen atoms in total. The molecular formula is C16H26N2. The van der Waals surface area contributed by atoms with E-state index in [1.165, 1.54) is 12.1 Å². The van der Waals surface area contributed by atoms with Gasteiger partial charge in [-0.05, 0) is 25.3 Å². The molecule has 0 amide bonds. The van der Waals surface area contributed by atoms with Crippen molar-refractivity contribution in [1.29, 1.82) is 0 Å². The van der Waals surface area contributed by atoms with Crippen LogP contribution in [0.25, 0.3) is 0 Å². The maximum Gasteiger partial charge on any atom is 0.0535 e. The third-order valence-electron chi connectivity index (χ3n) is 3.94. The van der Waals surface area contributed by atoms with Crippen LogP contribution < -0.4 is 5.32 Å². The molecule has 0 bridgehead atoms. The van der Waals surface area contributed by atoms with Gasteiger partial charge in [0.2, 0.25) is 0 Å². The molecule has 2 rings (SSSR count). The zero-order valence-electron chi connectivity index (χ0n) is 12.1. The summed E-state index contributed by atoms with van der Waals surface area (Å²) in [6, 6.07) is 11.4. The number of nitrogens with zero attached hydrogens (tertiary/aromatic N) is 1. The highest BCUT2D eigenvalue weighted by Gasteiger charge is 2.35. The molecule has 1 heterocycles. The third-order valence-corrected chi connectivity index (χ3v) is 3.94. The van der Waals surface area contributed by atoms with Crippen molar-refractivity contribution in [1.82, 2.24) is 10.2 Å². The summed E-state index contributed by atoms with van der Waals surface area (Å²) in [7, 11) is 0. The van der Waals surface area contributed by atoms with Crippen molar-refractivity contribution in [2.24, 2.45) is 5.92 Å². The number of rotatable bonds is 3. The molecule has 1 aromatic carbocycles. The Morgan fingerprint density at radius 3 is 2.61 bits per heavy atom. The lowest BCUT2D eigenvalue weighted by molar-refractivity contribution is 0.0836. The summed E-state index contributed by atoms with van der Waals surface area (Å²) in [5.74, 6) is 0.727. The van der Waals surface area contributed by atoms with Gasteiger partial charge in [0, 0.05) is 25.7 Å². The van der Waals surface area contributed by atoms with Gasteiger partial charge in [-0.25, -0.2) is 0 Å². The summed E-state index contributed by atoms with van der Waals surface area (Å²) in [6.45, 7) is 12.6. The second kappa shape index (κ2) is 5.41. The van der Waals surface area contributed by atoms with E-state index < -0.39 is 0 Å². The Kier molecular flexibility index (Phi) is 4.08. The van der Waals surface area contributed by atoms with Crippen LogP contribution in [0.3, 0.4) is 0 Å². The highest BCUT2D eigenvalue weighted by Crippen LogP contribution is 2.26. The van der Waals surface area contributed by atoms with Crippen LogP contribution in [0.15, 0.2) is 30.3 Å². The number of piperazine rings is 1. The summed E-state index contributed by atoms with van der Waals surface area (Å²) >= 11 is 0. The summed E-state index contributed by atoms with van der Waals surface area (Å²) < 4.78 is 0. The highest BCUT2D eigenvalue weighted by atomic mass is 15.2. The van der Waals surface area contributed by atoms with E-state index >= 15 is 0 Å². The second-order valence-electron chi connectivity index (χ2n) is 6.25. The maximum atomic E-state index is 3.72. The fourth-order valence-electron chi connectivity index (χ4n) is 2.83. The SMILES string of the molecule is CC(C)CN1CC(C)(c2ccccc2)NCC1C. The Balaban J connectivity index is 2.15. The normalized spacial score (nSPS) is 29.7. The molecule has 1 aliphatic heterocycles. The maximum absolute atomic E-state index is 3.72. The van der Waals surface area contributed by atoms with Crippen LogP contribution in [0, 0.1) is 5.92 Å². The van der Waals surface area contributed by atoms with Crippen molar-refractivity contribution in [2.75, 3.05) is 19.6 Å². The molecule has 0 aliphatic carbocycles. The fourth-order valence-corrected chi connectivity index (χ4v) is 2.83. The van der Waals surface area contributed by atoms with E-state index in [0.717, 1.165) is 19.0 Å². The van der Waals surface area contributed by atoms with Gasteiger partial charge in [-0.15, -0.1) is 0 Å². The van der Waals surface area contributed by atoms with E-state index in [-0.39, 0.29) is 5.54 Å². The van der Waals surface area contributed by atoms with E-state index in [4.69, 9.17) is 0 Å². The van der Waals surface area contributed by atoms with Crippen LogP contribution in [-0.2, 0) is 5.54 Å². The summed E-state index contributed by atoms with van der Waals surface area (Å²) in [6.07, 6.45) is 0. The molecule has 1 fully saturated rings. The van der Waals surface area contributed by atoms with Gasteiger partial charge in [-0.1, -0.05) is 44.2 Å². The van der Waals surface area contributed by atoms with Crippen LogP contribution in [0.1, 0.15) is 33.3 Å². The molecule has 1 N–H and O–H groups in total. The molecule has 1 aliphatic rings. The van der Waals surface area contributed by atoms with Crippen molar-refractivity contribution < 1.29 is 0 Å². The van der Waals surface area contributed by atoms with Crippen LogP contribution in [0.2, 0.25) is 0 Å². The summed E-state index contributed by atoms with van der Waals surface area (Å²) in [4.78, 5) is 2.62. The molecule has 1 aromatic rings. The van der Waals surface area contributed by atoms with Crippen molar-refractivity contribution in [3.8, 4) is 0 Å². The lowest BCUT2D eigenvalue weighted by Gasteiger charge is -2.46. The number of benzene rings is 1. The Morgan fingerprint density at radius 1 is 1.33 bits per heavy atom. The minimum Gasteiger partial charge on any atom is -0.305 e. The van der Waals surface area contributed by atoms with Crippen LogP contribution in [0.4, 0.5) is 0 Å². The molecule has 2 heteroatoms. The van der Waals surface area contributed by atoms with Gasteiger partial charge in [0.05, 0.1) is 5.54 Å². The molecule has 2 atom stereocenters. The Hall–Kier alpha value is -0.860. The first-order valence-electron chi connectivity index (χ1n) is 7.06. The Morgan fingerprint density at radius 2 is 2.00 bits per heavy atom. The zero-order chi connectivity index (χ0) is 13.2. The Labute approximate surface area is 111 Å². The zero-order valence-corrected chi connectivity index (χ0v) is 12.1. The van der Waals surface area contributed by atoms with Crippen molar-refractivity contribution in [3.05, 3.63) is 35.9 Å². The van der Waals surface area contributed by atoms with Gasteiger partial charge >= 0.3 is 0 Å². The fraction of sp³-hybridized carbons (Fsp3) is 0.625. The lowest BCUT2D eigenvalue weighted by atomic mass is 9.88. The predicted molar refractivity (Wildman–Crippen MR) is 77.7 cm³/mol. The average molecular weight is 246 g/mol. The topological polar surface area (TPSA) is 15.3 Å². The van der Waals surface area contributed by atoms with E-state index in [2.05, 4.69) is 68.2 Å². The molecule has 0 saturated carbocycles. The molecule has 0 radical (unpaired) electrons. The summed E-state index contributed by atoms with van der Waals surface area (Å²) in [5.41, 5.74) is 1.48. The summed E-state index contributed by atoms with van der Waals surface area (Å²) in [5, 5.41) is 3.72. The first kappa shape index (κ1) is 13.6. The smallest absolute Gasteiger partial charge is 0.0535 e. The minimum absolute atomic E-state index is 0.0860. The largest absolute Gasteiger partial charge is 0.305 e. The molecule has 18 heavy (non-hydrogen) atoms. The standard InChI is InChI=1S/C16H26N2/c1-13(2)11-18-12-16(4,17-10-14(18)3)15-8-6-5-7-9-15/h5-9,13-14,17H,10-12H2,1-4H3. The van der Waals surface area contributed by atoms with Crippen LogP contribution >= 0.6 is 0 Å². The van der Waals surface area contributed by atoms with Gasteiger partial charge in [0.25, 0.3) is 0 Å².